The molecule has 80 valence electrons. The number of aromatic nitrogens is 3. The maximum atomic E-state index is 4.17. The minimum Gasteiger partial charge on any atom is -0.308 e. The van der Waals surface area contributed by atoms with Crippen LogP contribution in [0.25, 0.3) is 10.7 Å². The fourth-order valence-electron chi connectivity index (χ4n) is 1.54. The van der Waals surface area contributed by atoms with E-state index in [0.717, 1.165) is 17.2 Å². The minimum absolute atomic E-state index is 0.845. The van der Waals surface area contributed by atoms with Crippen molar-refractivity contribution in [2.75, 3.05) is 0 Å². The third kappa shape index (κ3) is 1.79. The molecule has 0 saturated heterocycles. The summed E-state index contributed by atoms with van der Waals surface area (Å²) in [5.74, 6) is 0.948. The third-order valence-electron chi connectivity index (χ3n) is 2.26. The van der Waals surface area contributed by atoms with Crippen molar-refractivity contribution in [3.8, 4) is 10.7 Å². The predicted molar refractivity (Wildman–Crippen MR) is 66.8 cm³/mol. The third-order valence-corrected chi connectivity index (χ3v) is 3.99. The van der Waals surface area contributed by atoms with Gasteiger partial charge in [0, 0.05) is 4.88 Å². The molecule has 0 saturated carbocycles. The second-order valence-electron chi connectivity index (χ2n) is 3.34. The molecule has 5 heteroatoms. The van der Waals surface area contributed by atoms with Crippen molar-refractivity contribution >= 4 is 22.7 Å². The number of hydrogen-bond donors (Lipinski definition) is 0. The molecule has 0 atom stereocenters. The first-order chi connectivity index (χ1) is 7.93. The first kappa shape index (κ1) is 9.74. The SMILES string of the molecule is c1csc(Cn2cnnc2-c2cccs2)c1. The summed E-state index contributed by atoms with van der Waals surface area (Å²) in [7, 11) is 0. The summed E-state index contributed by atoms with van der Waals surface area (Å²) in [6.07, 6.45) is 1.79. The van der Waals surface area contributed by atoms with Crippen LogP contribution < -0.4 is 0 Å². The van der Waals surface area contributed by atoms with Crippen LogP contribution in [-0.2, 0) is 6.54 Å². The van der Waals surface area contributed by atoms with E-state index in [9.17, 15) is 0 Å². The molecule has 0 unspecified atom stereocenters. The summed E-state index contributed by atoms with van der Waals surface area (Å²) in [5, 5.41) is 12.3. The van der Waals surface area contributed by atoms with E-state index < -0.39 is 0 Å². The van der Waals surface area contributed by atoms with Gasteiger partial charge in [-0.25, -0.2) is 0 Å². The molecule has 3 rings (SSSR count). The number of nitrogens with zero attached hydrogens (tertiary/aromatic N) is 3. The predicted octanol–water partition coefficient (Wildman–Crippen LogP) is 3.12. The van der Waals surface area contributed by atoms with Gasteiger partial charge in [-0.2, -0.15) is 0 Å². The lowest BCUT2D eigenvalue weighted by molar-refractivity contribution is 0.817. The molecular formula is C11H9N3S2. The Morgan fingerprint density at radius 1 is 1.12 bits per heavy atom. The molecule has 3 heterocycles. The molecule has 0 N–H and O–H groups in total. The Labute approximate surface area is 101 Å². The van der Waals surface area contributed by atoms with Gasteiger partial charge in [0.25, 0.3) is 0 Å². The fourth-order valence-corrected chi connectivity index (χ4v) is 2.96. The van der Waals surface area contributed by atoms with Crippen LogP contribution in [0.5, 0.6) is 0 Å². The summed E-state index contributed by atoms with van der Waals surface area (Å²) in [5.41, 5.74) is 0. The molecule has 3 aromatic rings. The second kappa shape index (κ2) is 4.19. The standard InChI is InChI=1S/C11H9N3S2/c1-3-9(15-5-1)7-14-8-12-13-11(14)10-4-2-6-16-10/h1-6,8H,7H2. The molecule has 0 aliphatic rings. The van der Waals surface area contributed by atoms with Gasteiger partial charge in [0.15, 0.2) is 5.82 Å². The van der Waals surface area contributed by atoms with Crippen molar-refractivity contribution in [1.82, 2.24) is 14.8 Å². The Morgan fingerprint density at radius 3 is 2.75 bits per heavy atom. The molecule has 0 bridgehead atoms. The molecule has 0 amide bonds. The number of hydrogen-bond acceptors (Lipinski definition) is 4. The van der Waals surface area contributed by atoms with Gasteiger partial charge in [0.2, 0.25) is 0 Å². The Balaban J connectivity index is 1.94. The zero-order valence-electron chi connectivity index (χ0n) is 8.41. The lowest BCUT2D eigenvalue weighted by atomic mass is 10.4. The molecule has 0 spiro atoms. The summed E-state index contributed by atoms with van der Waals surface area (Å²) < 4.78 is 2.08. The highest BCUT2D eigenvalue weighted by Crippen LogP contribution is 2.23. The Bertz CT molecular complexity index is 552. The van der Waals surface area contributed by atoms with Crippen molar-refractivity contribution in [2.45, 2.75) is 6.54 Å². The van der Waals surface area contributed by atoms with Gasteiger partial charge in [-0.15, -0.1) is 32.9 Å². The monoisotopic (exact) mass is 247 g/mol. The van der Waals surface area contributed by atoms with Crippen molar-refractivity contribution in [1.29, 1.82) is 0 Å². The van der Waals surface area contributed by atoms with Crippen LogP contribution in [0.3, 0.4) is 0 Å². The average Bonchev–Trinajstić information content (AvgIpc) is 2.98. The highest BCUT2D eigenvalue weighted by Gasteiger charge is 2.08. The normalized spacial score (nSPS) is 10.8. The van der Waals surface area contributed by atoms with Crippen molar-refractivity contribution < 1.29 is 0 Å². The van der Waals surface area contributed by atoms with Gasteiger partial charge in [0.1, 0.15) is 6.33 Å². The van der Waals surface area contributed by atoms with E-state index in [2.05, 4.69) is 43.7 Å². The first-order valence-corrected chi connectivity index (χ1v) is 6.63. The van der Waals surface area contributed by atoms with E-state index in [1.807, 2.05) is 6.07 Å². The summed E-state index contributed by atoms with van der Waals surface area (Å²) in [4.78, 5) is 2.48. The number of rotatable bonds is 3. The van der Waals surface area contributed by atoms with Crippen LogP contribution in [0.2, 0.25) is 0 Å². The van der Waals surface area contributed by atoms with Crippen LogP contribution in [0, 0.1) is 0 Å². The molecule has 3 aromatic heterocycles. The van der Waals surface area contributed by atoms with Crippen LogP contribution in [0.1, 0.15) is 4.88 Å². The Morgan fingerprint density at radius 2 is 2.00 bits per heavy atom. The summed E-state index contributed by atoms with van der Waals surface area (Å²) in [6, 6.07) is 8.29. The Hall–Kier alpha value is -1.46. The lowest BCUT2D eigenvalue weighted by Gasteiger charge is -2.02. The quantitative estimate of drug-likeness (QED) is 0.712. The van der Waals surface area contributed by atoms with Gasteiger partial charge in [-0.1, -0.05) is 12.1 Å². The first-order valence-electron chi connectivity index (χ1n) is 4.87. The van der Waals surface area contributed by atoms with E-state index in [-0.39, 0.29) is 0 Å². The van der Waals surface area contributed by atoms with E-state index in [1.54, 1.807) is 29.0 Å². The summed E-state index contributed by atoms with van der Waals surface area (Å²) in [6.45, 7) is 0.845. The highest BCUT2D eigenvalue weighted by molar-refractivity contribution is 7.13. The zero-order valence-corrected chi connectivity index (χ0v) is 10.0. The Kier molecular flexibility index (Phi) is 2.55. The van der Waals surface area contributed by atoms with E-state index in [0.29, 0.717) is 0 Å². The molecule has 0 radical (unpaired) electrons. The van der Waals surface area contributed by atoms with Crippen LogP contribution in [0.15, 0.2) is 41.4 Å². The highest BCUT2D eigenvalue weighted by atomic mass is 32.1. The van der Waals surface area contributed by atoms with Crippen molar-refractivity contribution in [3.63, 3.8) is 0 Å². The molecule has 0 aliphatic heterocycles. The maximum Gasteiger partial charge on any atom is 0.174 e. The molecular weight excluding hydrogens is 238 g/mol. The van der Waals surface area contributed by atoms with Crippen molar-refractivity contribution in [3.05, 3.63) is 46.2 Å². The summed E-state index contributed by atoms with van der Waals surface area (Å²) >= 11 is 3.44. The maximum absolute atomic E-state index is 4.17. The van der Waals surface area contributed by atoms with Gasteiger partial charge in [-0.05, 0) is 22.9 Å². The van der Waals surface area contributed by atoms with Crippen LogP contribution in [-0.4, -0.2) is 14.8 Å². The van der Waals surface area contributed by atoms with Gasteiger partial charge >= 0.3 is 0 Å². The topological polar surface area (TPSA) is 30.7 Å². The molecule has 0 aromatic carbocycles. The van der Waals surface area contributed by atoms with Crippen LogP contribution in [0.4, 0.5) is 0 Å². The molecule has 0 aliphatic carbocycles. The van der Waals surface area contributed by atoms with Crippen molar-refractivity contribution in [2.24, 2.45) is 0 Å². The zero-order chi connectivity index (χ0) is 10.8. The van der Waals surface area contributed by atoms with Gasteiger partial charge < -0.3 is 4.57 Å². The van der Waals surface area contributed by atoms with Crippen LogP contribution >= 0.6 is 22.7 Å². The molecule has 16 heavy (non-hydrogen) atoms. The molecule has 0 fully saturated rings. The molecule has 3 nitrogen and oxygen atoms in total. The largest absolute Gasteiger partial charge is 0.308 e. The number of thiophene rings is 2. The second-order valence-corrected chi connectivity index (χ2v) is 5.32. The van der Waals surface area contributed by atoms with Gasteiger partial charge in [-0.3, -0.25) is 0 Å². The van der Waals surface area contributed by atoms with E-state index in [4.69, 9.17) is 0 Å². The smallest absolute Gasteiger partial charge is 0.174 e. The fraction of sp³-hybridized carbons (Fsp3) is 0.0909. The average molecular weight is 247 g/mol. The minimum atomic E-state index is 0.845. The van der Waals surface area contributed by atoms with E-state index in [1.165, 1.54) is 4.88 Å². The van der Waals surface area contributed by atoms with Gasteiger partial charge in [0.05, 0.1) is 11.4 Å². The van der Waals surface area contributed by atoms with E-state index >= 15 is 0 Å². The lowest BCUT2D eigenvalue weighted by Crippen LogP contribution is -1.98.